The molecule has 0 radical (unpaired) electrons. The van der Waals surface area contributed by atoms with Crippen molar-refractivity contribution >= 4 is 12.0 Å². The molecule has 0 spiro atoms. The molecule has 0 bridgehead atoms. The van der Waals surface area contributed by atoms with Gasteiger partial charge in [-0.15, -0.1) is 0 Å². The number of ether oxygens (including phenoxy) is 1. The summed E-state index contributed by atoms with van der Waals surface area (Å²) in [5.41, 5.74) is 9.22. The van der Waals surface area contributed by atoms with E-state index in [1.165, 1.54) is 13.3 Å². The molecule has 0 aliphatic rings. The number of pyridine rings is 1. The molecule has 0 aliphatic carbocycles. The minimum Gasteiger partial charge on any atom is -0.465 e. The van der Waals surface area contributed by atoms with Gasteiger partial charge in [0.25, 0.3) is 0 Å². The lowest BCUT2D eigenvalue weighted by atomic mass is 10.2. The fourth-order valence-corrected chi connectivity index (χ4v) is 1.12. The second-order valence-corrected chi connectivity index (χ2v) is 3.11. The molecule has 0 saturated heterocycles. The molecule has 1 aromatic heterocycles. The van der Waals surface area contributed by atoms with E-state index in [1.807, 2.05) is 6.08 Å². The van der Waals surface area contributed by atoms with E-state index >= 15 is 0 Å². The van der Waals surface area contributed by atoms with Gasteiger partial charge in [-0.25, -0.2) is 4.79 Å². The van der Waals surface area contributed by atoms with Crippen molar-refractivity contribution in [3.8, 4) is 0 Å². The third-order valence-electron chi connectivity index (χ3n) is 1.96. The van der Waals surface area contributed by atoms with Crippen LogP contribution in [0.3, 0.4) is 0 Å². The van der Waals surface area contributed by atoms with Crippen molar-refractivity contribution in [3.05, 3.63) is 46.1 Å². The lowest BCUT2D eigenvalue weighted by molar-refractivity contribution is 0.0600. The van der Waals surface area contributed by atoms with Gasteiger partial charge in [0.1, 0.15) is 0 Å². The third kappa shape index (κ3) is 4.36. The number of hydrogen-bond donors (Lipinski definition) is 0. The van der Waals surface area contributed by atoms with Gasteiger partial charge in [0, 0.05) is 17.7 Å². The predicted octanol–water partition coefficient (Wildman–Crippen LogP) is 2.58. The van der Waals surface area contributed by atoms with Crippen LogP contribution in [-0.4, -0.2) is 24.6 Å². The van der Waals surface area contributed by atoms with Crippen LogP contribution in [0.15, 0.2) is 29.5 Å². The zero-order chi connectivity index (χ0) is 12.5. The molecule has 0 saturated carbocycles. The monoisotopic (exact) mass is 232 g/mol. The Morgan fingerprint density at radius 1 is 1.65 bits per heavy atom. The number of esters is 1. The van der Waals surface area contributed by atoms with Gasteiger partial charge in [-0.3, -0.25) is 4.98 Å². The van der Waals surface area contributed by atoms with E-state index < -0.39 is 5.97 Å². The Bertz CT molecular complexity index is 447. The lowest BCUT2D eigenvalue weighted by Gasteiger charge is -1.98. The average molecular weight is 232 g/mol. The topological polar surface area (TPSA) is 88.0 Å². The molecule has 0 fully saturated rings. The first-order valence-corrected chi connectivity index (χ1v) is 4.99. The molecule has 0 aliphatic heterocycles. The summed E-state index contributed by atoms with van der Waals surface area (Å²) in [6, 6.07) is 3.36. The first kappa shape index (κ1) is 12.7. The number of carbonyl (C=O) groups is 1. The van der Waals surface area contributed by atoms with Gasteiger partial charge in [0.2, 0.25) is 0 Å². The molecule has 6 nitrogen and oxygen atoms in total. The number of carbonyl (C=O) groups excluding carboxylic acids is 1. The molecular weight excluding hydrogens is 220 g/mol. The quantitative estimate of drug-likeness (QED) is 0.257. The predicted molar refractivity (Wildman–Crippen MR) is 63.2 cm³/mol. The number of rotatable bonds is 5. The second kappa shape index (κ2) is 7.03. The molecule has 17 heavy (non-hydrogen) atoms. The van der Waals surface area contributed by atoms with Crippen LogP contribution < -0.4 is 0 Å². The number of nitrogens with zero attached hydrogens (tertiary/aromatic N) is 4. The minimum atomic E-state index is -0.406. The normalized spacial score (nSPS) is 9.94. The maximum Gasteiger partial charge on any atom is 0.339 e. The molecule has 0 atom stereocenters. The van der Waals surface area contributed by atoms with Crippen molar-refractivity contribution in [2.24, 2.45) is 5.11 Å². The van der Waals surface area contributed by atoms with Crippen LogP contribution in [0.1, 0.15) is 22.5 Å². The van der Waals surface area contributed by atoms with Crippen LogP contribution >= 0.6 is 0 Å². The fraction of sp³-hybridized carbons (Fsp3) is 0.273. The summed E-state index contributed by atoms with van der Waals surface area (Å²) in [6.07, 6.45) is 5.77. The van der Waals surface area contributed by atoms with Gasteiger partial charge >= 0.3 is 5.97 Å². The molecule has 1 aromatic rings. The van der Waals surface area contributed by atoms with Gasteiger partial charge in [-0.1, -0.05) is 11.2 Å². The Morgan fingerprint density at radius 2 is 2.47 bits per heavy atom. The largest absolute Gasteiger partial charge is 0.465 e. The van der Waals surface area contributed by atoms with Crippen molar-refractivity contribution in [1.82, 2.24) is 4.98 Å². The van der Waals surface area contributed by atoms with Crippen LogP contribution in [0.4, 0.5) is 0 Å². The van der Waals surface area contributed by atoms with Crippen LogP contribution in [0, 0.1) is 0 Å². The zero-order valence-electron chi connectivity index (χ0n) is 9.41. The summed E-state index contributed by atoms with van der Waals surface area (Å²) >= 11 is 0. The van der Waals surface area contributed by atoms with E-state index in [4.69, 9.17) is 5.53 Å². The zero-order valence-corrected chi connectivity index (χ0v) is 9.41. The molecule has 1 heterocycles. The van der Waals surface area contributed by atoms with Gasteiger partial charge < -0.3 is 4.74 Å². The average Bonchev–Trinajstić information content (AvgIpc) is 2.38. The highest BCUT2D eigenvalue weighted by atomic mass is 16.5. The van der Waals surface area contributed by atoms with Crippen molar-refractivity contribution in [3.63, 3.8) is 0 Å². The molecule has 1 rings (SSSR count). The van der Waals surface area contributed by atoms with E-state index in [9.17, 15) is 4.79 Å². The first-order valence-electron chi connectivity index (χ1n) is 4.99. The molecular formula is C11H12N4O2. The van der Waals surface area contributed by atoms with E-state index in [-0.39, 0.29) is 0 Å². The van der Waals surface area contributed by atoms with Crippen LogP contribution in [0.5, 0.6) is 0 Å². The van der Waals surface area contributed by atoms with Crippen molar-refractivity contribution in [2.45, 2.75) is 6.42 Å². The summed E-state index contributed by atoms with van der Waals surface area (Å²) in [4.78, 5) is 17.8. The Morgan fingerprint density at radius 3 is 3.06 bits per heavy atom. The summed E-state index contributed by atoms with van der Waals surface area (Å²) in [6.45, 7) is 0.424. The standard InChI is InChI=1S/C11H12N4O2/c1-17-11(16)9-5-6-10(13-8-9)4-2-3-7-14-15-12/h2,4-6,8H,3,7H2,1H3. The van der Waals surface area contributed by atoms with Gasteiger partial charge in [-0.05, 0) is 30.2 Å². The van der Waals surface area contributed by atoms with Crippen molar-refractivity contribution < 1.29 is 9.53 Å². The SMILES string of the molecule is COC(=O)c1ccc(C=CCCN=[N+]=[N-])nc1. The van der Waals surface area contributed by atoms with Crippen molar-refractivity contribution in [2.75, 3.05) is 13.7 Å². The Kier molecular flexibility index (Phi) is 5.27. The maximum absolute atomic E-state index is 11.1. The highest BCUT2D eigenvalue weighted by molar-refractivity contribution is 5.88. The summed E-state index contributed by atoms with van der Waals surface area (Å²) in [5, 5.41) is 3.40. The Labute approximate surface area is 98.6 Å². The van der Waals surface area contributed by atoms with Crippen LogP contribution in [0.25, 0.3) is 16.5 Å². The van der Waals surface area contributed by atoms with Gasteiger partial charge in [0.15, 0.2) is 0 Å². The maximum atomic E-state index is 11.1. The van der Waals surface area contributed by atoms with Gasteiger partial charge in [0.05, 0.1) is 18.4 Å². The highest BCUT2D eigenvalue weighted by Crippen LogP contribution is 2.04. The fourth-order valence-electron chi connectivity index (χ4n) is 1.12. The lowest BCUT2D eigenvalue weighted by Crippen LogP contribution is -2.01. The third-order valence-corrected chi connectivity index (χ3v) is 1.96. The molecule has 0 aromatic carbocycles. The smallest absolute Gasteiger partial charge is 0.339 e. The number of methoxy groups -OCH3 is 1. The Balaban J connectivity index is 2.56. The number of azide groups is 1. The highest BCUT2D eigenvalue weighted by Gasteiger charge is 2.03. The van der Waals surface area contributed by atoms with Crippen molar-refractivity contribution in [1.29, 1.82) is 0 Å². The van der Waals surface area contributed by atoms with Crippen LogP contribution in [-0.2, 0) is 4.74 Å². The second-order valence-electron chi connectivity index (χ2n) is 3.11. The first-order chi connectivity index (χ1) is 8.27. The van der Waals surface area contributed by atoms with E-state index in [0.29, 0.717) is 18.5 Å². The Hall–Kier alpha value is -2.33. The van der Waals surface area contributed by atoms with Crippen LogP contribution in [0.2, 0.25) is 0 Å². The molecule has 0 N–H and O–H groups in total. The molecule has 6 heteroatoms. The summed E-state index contributed by atoms with van der Waals surface area (Å²) < 4.78 is 4.56. The minimum absolute atomic E-state index is 0.406. The number of aromatic nitrogens is 1. The van der Waals surface area contributed by atoms with E-state index in [1.54, 1.807) is 18.2 Å². The summed E-state index contributed by atoms with van der Waals surface area (Å²) in [5.74, 6) is -0.406. The van der Waals surface area contributed by atoms with E-state index in [2.05, 4.69) is 19.7 Å². The summed E-state index contributed by atoms with van der Waals surface area (Å²) in [7, 11) is 1.33. The molecule has 0 amide bonds. The van der Waals surface area contributed by atoms with Gasteiger partial charge in [-0.2, -0.15) is 0 Å². The molecule has 0 unspecified atom stereocenters. The van der Waals surface area contributed by atoms with E-state index in [0.717, 1.165) is 5.69 Å². The molecule has 88 valence electrons. The number of hydrogen-bond acceptors (Lipinski definition) is 4.